The zero-order valence-corrected chi connectivity index (χ0v) is 10.7. The molecule has 5 nitrogen and oxygen atoms in total. The number of carbonyl (C=O) groups is 2. The Bertz CT molecular complexity index is 504. The van der Waals surface area contributed by atoms with Crippen LogP contribution in [0.15, 0.2) is 18.2 Å². The number of carboxylic acid groups (broad SMARTS) is 1. The van der Waals surface area contributed by atoms with Gasteiger partial charge in [0.05, 0.1) is 5.88 Å². The number of hydrogen-bond acceptors (Lipinski definition) is 4. The van der Waals surface area contributed by atoms with E-state index in [0.717, 1.165) is 5.56 Å². The Kier molecular flexibility index (Phi) is 3.47. The first kappa shape index (κ1) is 12.8. The highest BCUT2D eigenvalue weighted by molar-refractivity contribution is 7.99. The van der Waals surface area contributed by atoms with Gasteiger partial charge in [-0.25, -0.2) is 4.79 Å². The first-order chi connectivity index (χ1) is 8.50. The van der Waals surface area contributed by atoms with Crippen molar-refractivity contribution < 1.29 is 14.7 Å². The number of rotatable bonds is 2. The van der Waals surface area contributed by atoms with Gasteiger partial charge in [-0.15, -0.1) is 11.8 Å². The minimum atomic E-state index is -0.958. The molecule has 0 spiro atoms. The number of nitrogen functional groups attached to an aromatic ring is 1. The summed E-state index contributed by atoms with van der Waals surface area (Å²) in [7, 11) is 0. The quantitative estimate of drug-likeness (QED) is 0.785. The van der Waals surface area contributed by atoms with E-state index in [1.807, 2.05) is 6.92 Å². The number of nitrogens with zero attached hydrogens (tertiary/aromatic N) is 1. The summed E-state index contributed by atoms with van der Waals surface area (Å²) in [5, 5.41) is 9.05. The molecule has 1 atom stereocenters. The van der Waals surface area contributed by atoms with E-state index in [-0.39, 0.29) is 5.91 Å². The zero-order chi connectivity index (χ0) is 13.3. The Balaban J connectivity index is 2.25. The molecule has 1 aromatic rings. The molecule has 3 N–H and O–H groups in total. The van der Waals surface area contributed by atoms with Crippen LogP contribution < -0.4 is 5.73 Å². The van der Waals surface area contributed by atoms with Gasteiger partial charge in [0.25, 0.3) is 5.91 Å². The number of carboxylic acids is 1. The molecule has 0 bridgehead atoms. The van der Waals surface area contributed by atoms with Crippen molar-refractivity contribution in [2.24, 2.45) is 0 Å². The third-order valence-corrected chi connectivity index (χ3v) is 3.96. The molecule has 0 aromatic heterocycles. The largest absolute Gasteiger partial charge is 0.480 e. The number of anilines is 1. The van der Waals surface area contributed by atoms with Crippen molar-refractivity contribution >= 4 is 29.3 Å². The van der Waals surface area contributed by atoms with Gasteiger partial charge in [0.15, 0.2) is 0 Å². The molecule has 1 heterocycles. The Morgan fingerprint density at radius 3 is 2.83 bits per heavy atom. The van der Waals surface area contributed by atoms with Crippen LogP contribution in [0.4, 0.5) is 5.69 Å². The van der Waals surface area contributed by atoms with E-state index in [1.54, 1.807) is 18.2 Å². The van der Waals surface area contributed by atoms with Crippen LogP contribution in [0, 0.1) is 6.92 Å². The monoisotopic (exact) mass is 266 g/mol. The zero-order valence-electron chi connectivity index (χ0n) is 9.92. The van der Waals surface area contributed by atoms with Gasteiger partial charge in [-0.3, -0.25) is 4.79 Å². The van der Waals surface area contributed by atoms with Crippen LogP contribution in [-0.2, 0) is 4.79 Å². The molecule has 0 saturated carbocycles. The van der Waals surface area contributed by atoms with Crippen molar-refractivity contribution in [1.29, 1.82) is 0 Å². The smallest absolute Gasteiger partial charge is 0.327 e. The lowest BCUT2D eigenvalue weighted by atomic mass is 10.1. The third-order valence-electron chi connectivity index (χ3n) is 2.94. The van der Waals surface area contributed by atoms with Crippen molar-refractivity contribution in [2.45, 2.75) is 13.0 Å². The van der Waals surface area contributed by atoms with E-state index in [4.69, 9.17) is 10.8 Å². The second-order valence-corrected chi connectivity index (χ2v) is 5.20. The molecular formula is C12H14N2O3S. The molecule has 0 radical (unpaired) electrons. The minimum Gasteiger partial charge on any atom is -0.480 e. The maximum atomic E-state index is 12.2. The maximum Gasteiger partial charge on any atom is 0.327 e. The van der Waals surface area contributed by atoms with Crippen LogP contribution in [0.2, 0.25) is 0 Å². The van der Waals surface area contributed by atoms with Crippen LogP contribution in [0.1, 0.15) is 15.9 Å². The van der Waals surface area contributed by atoms with Gasteiger partial charge in [-0.1, -0.05) is 0 Å². The fourth-order valence-corrected chi connectivity index (χ4v) is 2.97. The van der Waals surface area contributed by atoms with Crippen LogP contribution >= 0.6 is 11.8 Å². The molecular weight excluding hydrogens is 252 g/mol. The Hall–Kier alpha value is -1.69. The molecule has 1 saturated heterocycles. The summed E-state index contributed by atoms with van der Waals surface area (Å²) in [6, 6.07) is 4.26. The molecule has 6 heteroatoms. The number of amides is 1. The van der Waals surface area contributed by atoms with E-state index < -0.39 is 12.0 Å². The molecule has 2 rings (SSSR count). The second-order valence-electron chi connectivity index (χ2n) is 4.20. The van der Waals surface area contributed by atoms with Gasteiger partial charge >= 0.3 is 5.97 Å². The van der Waals surface area contributed by atoms with Crippen LogP contribution in [0.25, 0.3) is 0 Å². The van der Waals surface area contributed by atoms with Crippen LogP contribution in [0.3, 0.4) is 0 Å². The van der Waals surface area contributed by atoms with E-state index in [9.17, 15) is 9.59 Å². The molecule has 1 amide bonds. The third kappa shape index (κ3) is 2.28. The van der Waals surface area contributed by atoms with E-state index >= 15 is 0 Å². The van der Waals surface area contributed by atoms with Gasteiger partial charge in [-0.05, 0) is 30.7 Å². The van der Waals surface area contributed by atoms with Crippen LogP contribution in [-0.4, -0.2) is 39.6 Å². The van der Waals surface area contributed by atoms with Crippen molar-refractivity contribution in [3.05, 3.63) is 29.3 Å². The summed E-state index contributed by atoms with van der Waals surface area (Å²) in [5.41, 5.74) is 7.62. The molecule has 1 aromatic carbocycles. The van der Waals surface area contributed by atoms with Gasteiger partial charge in [-0.2, -0.15) is 0 Å². The summed E-state index contributed by atoms with van der Waals surface area (Å²) < 4.78 is 0. The number of hydrogen-bond donors (Lipinski definition) is 2. The van der Waals surface area contributed by atoms with Crippen molar-refractivity contribution in [1.82, 2.24) is 4.90 Å². The number of aryl methyl sites for hydroxylation is 1. The van der Waals surface area contributed by atoms with Crippen molar-refractivity contribution in [2.75, 3.05) is 17.4 Å². The fourth-order valence-electron chi connectivity index (χ4n) is 1.82. The average molecular weight is 266 g/mol. The summed E-state index contributed by atoms with van der Waals surface area (Å²) in [5.74, 6) is -0.357. The standard InChI is InChI=1S/C12H14N2O3S/c1-7-4-8(2-3-9(7)13)11(15)14-6-18-5-10(14)12(16)17/h2-4,10H,5-6,13H2,1H3,(H,16,17). The topological polar surface area (TPSA) is 83.6 Å². The first-order valence-corrected chi connectivity index (χ1v) is 6.64. The van der Waals surface area contributed by atoms with Gasteiger partial charge in [0.1, 0.15) is 6.04 Å². The van der Waals surface area contributed by atoms with Crippen LogP contribution in [0.5, 0.6) is 0 Å². The lowest BCUT2D eigenvalue weighted by Crippen LogP contribution is -2.41. The molecule has 1 unspecified atom stereocenters. The fraction of sp³-hybridized carbons (Fsp3) is 0.333. The molecule has 0 aliphatic carbocycles. The summed E-state index contributed by atoms with van der Waals surface area (Å²) in [4.78, 5) is 24.7. The number of thioether (sulfide) groups is 1. The number of benzene rings is 1. The molecule has 1 fully saturated rings. The maximum absolute atomic E-state index is 12.2. The van der Waals surface area contributed by atoms with Crippen molar-refractivity contribution in [3.8, 4) is 0 Å². The number of carbonyl (C=O) groups excluding carboxylic acids is 1. The summed E-state index contributed by atoms with van der Waals surface area (Å²) in [6.45, 7) is 1.82. The molecule has 1 aliphatic rings. The van der Waals surface area contributed by atoms with Gasteiger partial charge < -0.3 is 15.7 Å². The van der Waals surface area contributed by atoms with E-state index in [0.29, 0.717) is 22.9 Å². The molecule has 96 valence electrons. The Morgan fingerprint density at radius 1 is 1.50 bits per heavy atom. The molecule has 18 heavy (non-hydrogen) atoms. The molecule has 1 aliphatic heterocycles. The van der Waals surface area contributed by atoms with Gasteiger partial charge in [0, 0.05) is 17.0 Å². The predicted octanol–water partition coefficient (Wildman–Crippen LogP) is 1.18. The second kappa shape index (κ2) is 4.89. The SMILES string of the molecule is Cc1cc(C(=O)N2CSCC2C(=O)O)ccc1N. The summed E-state index contributed by atoms with van der Waals surface area (Å²) in [6.07, 6.45) is 0. The first-order valence-electron chi connectivity index (χ1n) is 5.48. The van der Waals surface area contributed by atoms with Gasteiger partial charge in [0.2, 0.25) is 0 Å². The number of nitrogens with two attached hydrogens (primary N) is 1. The minimum absolute atomic E-state index is 0.254. The Morgan fingerprint density at radius 2 is 2.22 bits per heavy atom. The highest BCUT2D eigenvalue weighted by atomic mass is 32.2. The lowest BCUT2D eigenvalue weighted by Gasteiger charge is -2.20. The predicted molar refractivity (Wildman–Crippen MR) is 70.5 cm³/mol. The average Bonchev–Trinajstić information content (AvgIpc) is 2.81. The summed E-state index contributed by atoms with van der Waals surface area (Å²) >= 11 is 1.45. The normalized spacial score (nSPS) is 18.9. The van der Waals surface area contributed by atoms with Crippen molar-refractivity contribution in [3.63, 3.8) is 0 Å². The van der Waals surface area contributed by atoms with E-state index in [2.05, 4.69) is 0 Å². The van der Waals surface area contributed by atoms with E-state index in [1.165, 1.54) is 16.7 Å². The number of aliphatic carboxylic acids is 1. The lowest BCUT2D eigenvalue weighted by molar-refractivity contribution is -0.140. The Labute approximate surface area is 109 Å². The highest BCUT2D eigenvalue weighted by Gasteiger charge is 2.34. The highest BCUT2D eigenvalue weighted by Crippen LogP contribution is 2.24.